The highest BCUT2D eigenvalue weighted by atomic mass is 16.7. The summed E-state index contributed by atoms with van der Waals surface area (Å²) in [6.45, 7) is 3.19. The van der Waals surface area contributed by atoms with Gasteiger partial charge in [0.15, 0.2) is 6.29 Å². The summed E-state index contributed by atoms with van der Waals surface area (Å²) < 4.78 is 12.0. The van der Waals surface area contributed by atoms with E-state index in [1.54, 1.807) is 0 Å². The van der Waals surface area contributed by atoms with Gasteiger partial charge in [0.2, 0.25) is 0 Å². The molecule has 2 aliphatic rings. The third-order valence-corrected chi connectivity index (χ3v) is 5.81. The van der Waals surface area contributed by atoms with Gasteiger partial charge in [-0.15, -0.1) is 0 Å². The lowest BCUT2D eigenvalue weighted by molar-refractivity contribution is -0.196. The van der Waals surface area contributed by atoms with Gasteiger partial charge in [-0.1, -0.05) is 45.4 Å². The third-order valence-electron chi connectivity index (χ3n) is 5.81. The fourth-order valence-corrected chi connectivity index (χ4v) is 4.43. The molecule has 5 atom stereocenters. The Hall–Kier alpha value is -0.160. The Kier molecular flexibility index (Phi) is 9.62. The third kappa shape index (κ3) is 6.29. The summed E-state index contributed by atoms with van der Waals surface area (Å²) >= 11 is 0. The van der Waals surface area contributed by atoms with Gasteiger partial charge in [0.25, 0.3) is 0 Å². The zero-order valence-electron chi connectivity index (χ0n) is 15.5. The minimum Gasteiger partial charge on any atom is -0.396 e. The highest BCUT2D eigenvalue weighted by molar-refractivity contribution is 4.92. The molecular formula is C20H38O4. The van der Waals surface area contributed by atoms with Crippen molar-refractivity contribution in [3.63, 3.8) is 0 Å². The second-order valence-corrected chi connectivity index (χ2v) is 7.67. The predicted octanol–water partition coefficient (Wildman–Crippen LogP) is 4.03. The minimum atomic E-state index is -0.337. The fourth-order valence-electron chi connectivity index (χ4n) is 4.43. The number of aliphatic hydroxyl groups is 2. The van der Waals surface area contributed by atoms with Crippen molar-refractivity contribution in [2.75, 3.05) is 13.2 Å². The fraction of sp³-hybridized carbons (Fsp3) is 1.00. The summed E-state index contributed by atoms with van der Waals surface area (Å²) in [7, 11) is 0. The Bertz CT molecular complexity index is 317. The molecule has 2 unspecified atom stereocenters. The molecule has 0 aromatic heterocycles. The van der Waals surface area contributed by atoms with Crippen LogP contribution in [0.3, 0.4) is 0 Å². The number of hydrogen-bond donors (Lipinski definition) is 2. The van der Waals surface area contributed by atoms with E-state index >= 15 is 0 Å². The molecule has 2 rings (SSSR count). The molecule has 1 heterocycles. The number of rotatable bonds is 11. The van der Waals surface area contributed by atoms with Gasteiger partial charge in [-0.25, -0.2) is 0 Å². The van der Waals surface area contributed by atoms with Crippen LogP contribution < -0.4 is 0 Å². The van der Waals surface area contributed by atoms with E-state index in [0.717, 1.165) is 25.9 Å². The Balaban J connectivity index is 1.81. The van der Waals surface area contributed by atoms with Gasteiger partial charge in [0.1, 0.15) is 0 Å². The molecule has 4 nitrogen and oxygen atoms in total. The normalized spacial score (nSPS) is 33.9. The first-order chi connectivity index (χ1) is 11.8. The van der Waals surface area contributed by atoms with Crippen LogP contribution >= 0.6 is 0 Å². The maximum Gasteiger partial charge on any atom is 0.157 e. The highest BCUT2D eigenvalue weighted by Gasteiger charge is 2.43. The smallest absolute Gasteiger partial charge is 0.157 e. The van der Waals surface area contributed by atoms with E-state index in [9.17, 15) is 10.2 Å². The summed E-state index contributed by atoms with van der Waals surface area (Å²) in [5, 5.41) is 19.8. The molecule has 24 heavy (non-hydrogen) atoms. The van der Waals surface area contributed by atoms with Crippen molar-refractivity contribution in [2.45, 2.75) is 102 Å². The van der Waals surface area contributed by atoms with Crippen LogP contribution in [0.4, 0.5) is 0 Å². The van der Waals surface area contributed by atoms with E-state index in [2.05, 4.69) is 6.92 Å². The lowest BCUT2D eigenvalue weighted by Crippen LogP contribution is -2.31. The SMILES string of the molecule is CCCCCCCCC1[C@@H](CCO)[C@@H](O)C[C@H]1OC1CCCCO1. The summed E-state index contributed by atoms with van der Waals surface area (Å²) in [6.07, 6.45) is 13.2. The zero-order chi connectivity index (χ0) is 17.2. The van der Waals surface area contributed by atoms with Gasteiger partial charge in [-0.2, -0.15) is 0 Å². The summed E-state index contributed by atoms with van der Waals surface area (Å²) in [5.74, 6) is 0.545. The number of hydrogen-bond acceptors (Lipinski definition) is 4. The molecule has 0 aromatic rings. The number of aliphatic hydroxyl groups excluding tert-OH is 2. The maximum absolute atomic E-state index is 10.4. The Labute approximate surface area is 147 Å². The van der Waals surface area contributed by atoms with E-state index in [1.165, 1.54) is 44.9 Å². The Morgan fingerprint density at radius 3 is 2.50 bits per heavy atom. The van der Waals surface area contributed by atoms with Crippen molar-refractivity contribution in [3.05, 3.63) is 0 Å². The maximum atomic E-state index is 10.4. The first-order valence-electron chi connectivity index (χ1n) is 10.3. The molecule has 1 saturated heterocycles. The van der Waals surface area contributed by atoms with Gasteiger partial charge < -0.3 is 19.7 Å². The van der Waals surface area contributed by atoms with E-state index in [-0.39, 0.29) is 31.0 Å². The largest absolute Gasteiger partial charge is 0.396 e. The molecule has 142 valence electrons. The standard InChI is InChI=1S/C20H38O4/c1-2-3-4-5-6-7-10-17-16(12-13-21)18(22)15-19(17)24-20-11-8-9-14-23-20/h16-22H,2-15H2,1H3/t16-,17?,18+,19-,20?/m1/s1. The average molecular weight is 343 g/mol. The molecule has 2 N–H and O–H groups in total. The molecule has 4 heteroatoms. The van der Waals surface area contributed by atoms with E-state index in [4.69, 9.17) is 9.47 Å². The number of ether oxygens (including phenoxy) is 2. The van der Waals surface area contributed by atoms with Gasteiger partial charge in [0.05, 0.1) is 12.2 Å². The second kappa shape index (κ2) is 11.5. The Morgan fingerprint density at radius 1 is 1.00 bits per heavy atom. The molecule has 1 aliphatic heterocycles. The lowest BCUT2D eigenvalue weighted by atomic mass is 9.86. The zero-order valence-corrected chi connectivity index (χ0v) is 15.5. The highest BCUT2D eigenvalue weighted by Crippen LogP contribution is 2.41. The molecule has 1 saturated carbocycles. The van der Waals surface area contributed by atoms with Crippen molar-refractivity contribution < 1.29 is 19.7 Å². The summed E-state index contributed by atoms with van der Waals surface area (Å²) in [4.78, 5) is 0. The molecule has 2 fully saturated rings. The van der Waals surface area contributed by atoms with Gasteiger partial charge in [-0.3, -0.25) is 0 Å². The minimum absolute atomic E-state index is 0.0871. The lowest BCUT2D eigenvalue weighted by Gasteiger charge is -2.30. The van der Waals surface area contributed by atoms with E-state index in [1.807, 2.05) is 0 Å². The van der Waals surface area contributed by atoms with Crippen LogP contribution in [0.5, 0.6) is 0 Å². The van der Waals surface area contributed by atoms with Crippen molar-refractivity contribution in [2.24, 2.45) is 11.8 Å². The molecular weight excluding hydrogens is 304 g/mol. The quantitative estimate of drug-likeness (QED) is 0.557. The van der Waals surface area contributed by atoms with Crippen molar-refractivity contribution in [1.29, 1.82) is 0 Å². The topological polar surface area (TPSA) is 58.9 Å². The van der Waals surface area contributed by atoms with Crippen molar-refractivity contribution >= 4 is 0 Å². The van der Waals surface area contributed by atoms with Crippen LogP contribution in [-0.4, -0.2) is 41.9 Å². The van der Waals surface area contributed by atoms with Crippen LogP contribution in [0.25, 0.3) is 0 Å². The number of unbranched alkanes of at least 4 members (excludes halogenated alkanes) is 5. The summed E-state index contributed by atoms with van der Waals surface area (Å²) in [5.41, 5.74) is 0. The Morgan fingerprint density at radius 2 is 1.79 bits per heavy atom. The summed E-state index contributed by atoms with van der Waals surface area (Å²) in [6, 6.07) is 0. The first-order valence-corrected chi connectivity index (χ1v) is 10.3. The predicted molar refractivity (Wildman–Crippen MR) is 95.8 cm³/mol. The average Bonchev–Trinajstić information content (AvgIpc) is 2.87. The van der Waals surface area contributed by atoms with Crippen LogP contribution in [0.15, 0.2) is 0 Å². The molecule has 1 aliphatic carbocycles. The first kappa shape index (κ1) is 20.2. The van der Waals surface area contributed by atoms with Crippen molar-refractivity contribution in [1.82, 2.24) is 0 Å². The second-order valence-electron chi connectivity index (χ2n) is 7.67. The monoisotopic (exact) mass is 342 g/mol. The van der Waals surface area contributed by atoms with E-state index in [0.29, 0.717) is 18.8 Å². The molecule has 0 amide bonds. The van der Waals surface area contributed by atoms with E-state index < -0.39 is 0 Å². The molecule has 0 aromatic carbocycles. The molecule has 0 radical (unpaired) electrons. The van der Waals surface area contributed by atoms with Gasteiger partial charge >= 0.3 is 0 Å². The van der Waals surface area contributed by atoms with Crippen molar-refractivity contribution in [3.8, 4) is 0 Å². The van der Waals surface area contributed by atoms with Crippen LogP contribution in [0, 0.1) is 11.8 Å². The van der Waals surface area contributed by atoms with Crippen LogP contribution in [-0.2, 0) is 9.47 Å². The molecule has 0 spiro atoms. The molecule has 0 bridgehead atoms. The van der Waals surface area contributed by atoms with Crippen LogP contribution in [0.2, 0.25) is 0 Å². The van der Waals surface area contributed by atoms with Gasteiger partial charge in [0, 0.05) is 19.6 Å². The van der Waals surface area contributed by atoms with Crippen LogP contribution in [0.1, 0.15) is 84.0 Å². The van der Waals surface area contributed by atoms with Gasteiger partial charge in [-0.05, 0) is 43.9 Å².